The average molecular weight is 295 g/mol. The molecule has 3 aromatic rings. The minimum absolute atomic E-state index is 0.209. The molecule has 0 unspecified atom stereocenters. The Morgan fingerprint density at radius 1 is 1.23 bits per heavy atom. The van der Waals surface area contributed by atoms with E-state index in [9.17, 15) is 4.79 Å². The molecule has 0 bridgehead atoms. The van der Waals surface area contributed by atoms with Crippen molar-refractivity contribution in [1.29, 1.82) is 0 Å². The maximum absolute atomic E-state index is 12.4. The monoisotopic (exact) mass is 295 g/mol. The van der Waals surface area contributed by atoms with E-state index in [0.717, 1.165) is 16.6 Å². The number of nitrogen functional groups attached to an aromatic ring is 1. The Morgan fingerprint density at radius 2 is 2.05 bits per heavy atom. The highest BCUT2D eigenvalue weighted by molar-refractivity contribution is 6.08. The van der Waals surface area contributed by atoms with Gasteiger partial charge >= 0.3 is 0 Å². The summed E-state index contributed by atoms with van der Waals surface area (Å²) in [5, 5.41) is 10.6. The Kier molecular flexibility index (Phi) is 3.42. The highest BCUT2D eigenvalue weighted by Crippen LogP contribution is 2.23. The summed E-state index contributed by atoms with van der Waals surface area (Å²) in [5.74, 6) is 0.266. The van der Waals surface area contributed by atoms with Crippen molar-refractivity contribution in [3.63, 3.8) is 0 Å². The van der Waals surface area contributed by atoms with Crippen molar-refractivity contribution in [1.82, 2.24) is 10.2 Å². The second-order valence-electron chi connectivity index (χ2n) is 5.28. The molecule has 3 rings (SSSR count). The first-order valence-electron chi connectivity index (χ1n) is 6.87. The molecule has 0 spiro atoms. The Hall–Kier alpha value is -3.02. The van der Waals surface area contributed by atoms with Gasteiger partial charge in [0.25, 0.3) is 5.91 Å². The van der Waals surface area contributed by atoms with Crippen molar-refractivity contribution in [2.45, 2.75) is 0 Å². The van der Waals surface area contributed by atoms with E-state index >= 15 is 0 Å². The maximum atomic E-state index is 12.4. The van der Waals surface area contributed by atoms with Crippen molar-refractivity contribution in [2.24, 2.45) is 0 Å². The molecule has 2 aromatic carbocycles. The third-order valence-electron chi connectivity index (χ3n) is 3.44. The summed E-state index contributed by atoms with van der Waals surface area (Å²) < 4.78 is 0. The third kappa shape index (κ3) is 2.58. The molecule has 6 nitrogen and oxygen atoms in total. The normalized spacial score (nSPS) is 10.6. The van der Waals surface area contributed by atoms with Gasteiger partial charge in [0.15, 0.2) is 5.82 Å². The predicted molar refractivity (Wildman–Crippen MR) is 89.2 cm³/mol. The first-order valence-corrected chi connectivity index (χ1v) is 6.87. The van der Waals surface area contributed by atoms with Crippen molar-refractivity contribution >= 4 is 34.0 Å². The van der Waals surface area contributed by atoms with Gasteiger partial charge < -0.3 is 16.0 Å². The van der Waals surface area contributed by atoms with E-state index in [4.69, 9.17) is 5.73 Å². The number of nitrogens with two attached hydrogens (primary N) is 1. The van der Waals surface area contributed by atoms with E-state index in [1.54, 1.807) is 18.2 Å². The number of anilines is 3. The average Bonchev–Trinajstić information content (AvgIpc) is 2.89. The number of aromatic amines is 1. The van der Waals surface area contributed by atoms with Crippen LogP contribution >= 0.6 is 0 Å². The van der Waals surface area contributed by atoms with Gasteiger partial charge in [0.05, 0.1) is 5.52 Å². The van der Waals surface area contributed by atoms with Gasteiger partial charge in [0, 0.05) is 36.4 Å². The minimum Gasteiger partial charge on any atom is -0.399 e. The number of carbonyl (C=O) groups is 1. The van der Waals surface area contributed by atoms with E-state index < -0.39 is 0 Å². The summed E-state index contributed by atoms with van der Waals surface area (Å²) in [6.07, 6.45) is 0. The molecule has 6 heteroatoms. The van der Waals surface area contributed by atoms with Crippen LogP contribution in [0.2, 0.25) is 0 Å². The van der Waals surface area contributed by atoms with E-state index in [1.165, 1.54) is 0 Å². The lowest BCUT2D eigenvalue weighted by Crippen LogP contribution is -2.14. The van der Waals surface area contributed by atoms with E-state index in [1.807, 2.05) is 43.3 Å². The SMILES string of the molecule is CN(C)c1cccc(C(=O)Nc2n[nH]c3ccc(N)cc23)c1. The molecule has 0 saturated carbocycles. The predicted octanol–water partition coefficient (Wildman–Crippen LogP) is 2.46. The molecular formula is C16H17N5O. The summed E-state index contributed by atoms with van der Waals surface area (Å²) in [5.41, 5.74) is 8.77. The molecule has 0 atom stereocenters. The van der Waals surface area contributed by atoms with Gasteiger partial charge in [-0.1, -0.05) is 6.07 Å². The summed E-state index contributed by atoms with van der Waals surface area (Å²) in [7, 11) is 3.86. The fraction of sp³-hybridized carbons (Fsp3) is 0.125. The Morgan fingerprint density at radius 3 is 2.82 bits per heavy atom. The van der Waals surface area contributed by atoms with Gasteiger partial charge in [-0.2, -0.15) is 5.10 Å². The molecule has 0 radical (unpaired) electrons. The number of amides is 1. The van der Waals surface area contributed by atoms with Crippen molar-refractivity contribution in [3.8, 4) is 0 Å². The largest absolute Gasteiger partial charge is 0.399 e. The van der Waals surface area contributed by atoms with Gasteiger partial charge in [-0.3, -0.25) is 9.89 Å². The van der Waals surface area contributed by atoms with Gasteiger partial charge in [-0.15, -0.1) is 0 Å². The highest BCUT2D eigenvalue weighted by atomic mass is 16.1. The molecule has 1 amide bonds. The molecule has 0 aliphatic rings. The first kappa shape index (κ1) is 13.9. The number of carbonyl (C=O) groups excluding carboxylic acids is 1. The number of H-pyrrole nitrogens is 1. The molecule has 1 heterocycles. The van der Waals surface area contributed by atoms with Crippen molar-refractivity contribution < 1.29 is 4.79 Å². The zero-order valence-corrected chi connectivity index (χ0v) is 12.4. The molecule has 4 N–H and O–H groups in total. The van der Waals surface area contributed by atoms with Gasteiger partial charge in [-0.05, 0) is 36.4 Å². The second kappa shape index (κ2) is 5.40. The van der Waals surface area contributed by atoms with Crippen LogP contribution < -0.4 is 16.0 Å². The lowest BCUT2D eigenvalue weighted by Gasteiger charge is -2.13. The van der Waals surface area contributed by atoms with E-state index in [2.05, 4.69) is 15.5 Å². The number of fused-ring (bicyclic) bond motifs is 1. The zero-order valence-electron chi connectivity index (χ0n) is 12.4. The van der Waals surface area contributed by atoms with Gasteiger partial charge in [-0.25, -0.2) is 0 Å². The first-order chi connectivity index (χ1) is 10.5. The molecule has 0 fully saturated rings. The summed E-state index contributed by atoms with van der Waals surface area (Å²) in [4.78, 5) is 14.3. The fourth-order valence-electron chi connectivity index (χ4n) is 2.23. The minimum atomic E-state index is -0.209. The summed E-state index contributed by atoms with van der Waals surface area (Å²) >= 11 is 0. The van der Waals surface area contributed by atoms with Crippen LogP contribution in [-0.2, 0) is 0 Å². The zero-order chi connectivity index (χ0) is 15.7. The topological polar surface area (TPSA) is 87.0 Å². The Labute approximate surface area is 127 Å². The molecule has 0 saturated heterocycles. The smallest absolute Gasteiger partial charge is 0.256 e. The van der Waals surface area contributed by atoms with Crippen molar-refractivity contribution in [2.75, 3.05) is 30.0 Å². The van der Waals surface area contributed by atoms with Crippen LogP contribution in [0.3, 0.4) is 0 Å². The number of nitrogens with one attached hydrogen (secondary N) is 2. The van der Waals surface area contributed by atoms with Crippen LogP contribution in [0.4, 0.5) is 17.2 Å². The van der Waals surface area contributed by atoms with E-state index in [-0.39, 0.29) is 5.91 Å². The van der Waals surface area contributed by atoms with Crippen LogP contribution in [0.25, 0.3) is 10.9 Å². The van der Waals surface area contributed by atoms with Crippen LogP contribution in [0.1, 0.15) is 10.4 Å². The van der Waals surface area contributed by atoms with Crippen LogP contribution in [0.15, 0.2) is 42.5 Å². The molecule has 1 aromatic heterocycles. The second-order valence-corrected chi connectivity index (χ2v) is 5.28. The lowest BCUT2D eigenvalue weighted by molar-refractivity contribution is 0.102. The molecular weight excluding hydrogens is 278 g/mol. The summed E-state index contributed by atoms with van der Waals surface area (Å²) in [6, 6.07) is 12.8. The van der Waals surface area contributed by atoms with Crippen LogP contribution in [-0.4, -0.2) is 30.2 Å². The third-order valence-corrected chi connectivity index (χ3v) is 3.44. The molecule has 112 valence electrons. The quantitative estimate of drug-likeness (QED) is 0.648. The highest BCUT2D eigenvalue weighted by Gasteiger charge is 2.12. The number of hydrogen-bond donors (Lipinski definition) is 3. The van der Waals surface area contributed by atoms with E-state index in [0.29, 0.717) is 17.1 Å². The standard InChI is InChI=1S/C16H17N5O/c1-21(2)12-5-3-4-10(8-12)16(22)18-15-13-9-11(17)6-7-14(13)19-20-15/h3-9H,17H2,1-2H3,(H2,18,19,20,22). The maximum Gasteiger partial charge on any atom is 0.256 e. The summed E-state index contributed by atoms with van der Waals surface area (Å²) in [6.45, 7) is 0. The number of hydrogen-bond acceptors (Lipinski definition) is 4. The lowest BCUT2D eigenvalue weighted by atomic mass is 10.1. The number of benzene rings is 2. The number of aromatic nitrogens is 2. The van der Waals surface area contributed by atoms with Crippen molar-refractivity contribution in [3.05, 3.63) is 48.0 Å². The number of rotatable bonds is 3. The number of nitrogens with zero attached hydrogens (tertiary/aromatic N) is 2. The molecule has 0 aliphatic carbocycles. The fourth-order valence-corrected chi connectivity index (χ4v) is 2.23. The molecule has 0 aliphatic heterocycles. The van der Waals surface area contributed by atoms with Gasteiger partial charge in [0.1, 0.15) is 0 Å². The van der Waals surface area contributed by atoms with Crippen LogP contribution in [0, 0.1) is 0 Å². The Balaban J connectivity index is 1.90. The van der Waals surface area contributed by atoms with Crippen LogP contribution in [0.5, 0.6) is 0 Å². The Bertz CT molecular complexity index is 837. The van der Waals surface area contributed by atoms with Gasteiger partial charge in [0.2, 0.25) is 0 Å². The molecule has 22 heavy (non-hydrogen) atoms.